The Morgan fingerprint density at radius 2 is 2.12 bits per heavy atom. The monoisotopic (exact) mass is 372 g/mol. The summed E-state index contributed by atoms with van der Waals surface area (Å²) < 4.78 is 15.3. The molecule has 0 spiro atoms. The zero-order chi connectivity index (χ0) is 18.5. The first kappa shape index (κ1) is 17.8. The van der Waals surface area contributed by atoms with Gasteiger partial charge in [0.05, 0.1) is 0 Å². The van der Waals surface area contributed by atoms with Gasteiger partial charge in [-0.15, -0.1) is 11.3 Å². The number of thiophene rings is 1. The quantitative estimate of drug-likeness (QED) is 0.676. The summed E-state index contributed by atoms with van der Waals surface area (Å²) in [5.41, 5.74) is 0.695. The maximum Gasteiger partial charge on any atom is 0.313 e. The van der Waals surface area contributed by atoms with Crippen LogP contribution in [-0.2, 0) is 9.59 Å². The summed E-state index contributed by atoms with van der Waals surface area (Å²) in [5, 5.41) is 11.1. The summed E-state index contributed by atoms with van der Waals surface area (Å²) in [6.45, 7) is 1.82. The van der Waals surface area contributed by atoms with Gasteiger partial charge in [0.25, 0.3) is 0 Å². The van der Waals surface area contributed by atoms with Gasteiger partial charge in [-0.05, 0) is 42.1 Å². The van der Waals surface area contributed by atoms with Crippen LogP contribution in [0.5, 0.6) is 0 Å². The van der Waals surface area contributed by atoms with Crippen molar-refractivity contribution in [3.05, 3.63) is 70.4 Å². The lowest BCUT2D eigenvalue weighted by atomic mass is 10.2. The number of hydrogen-bond acceptors (Lipinski definition) is 4. The Hall–Kier alpha value is -3.00. The Kier molecular flexibility index (Phi) is 5.43. The average molecular weight is 372 g/mol. The number of benzene rings is 1. The van der Waals surface area contributed by atoms with E-state index in [0.29, 0.717) is 5.56 Å². The maximum absolute atomic E-state index is 13.5. The van der Waals surface area contributed by atoms with Crippen molar-refractivity contribution < 1.29 is 14.0 Å². The molecule has 26 heavy (non-hydrogen) atoms. The summed E-state index contributed by atoms with van der Waals surface area (Å²) >= 11 is 1.54. The standard InChI is InChI=1S/C18H17FN4O2S/c1-12-5-6-13(10-14(12)19)22-18(25)17(24)20-11-15(16-4-2-9-26-16)23-8-3-7-21-23/h2-10,15H,11H2,1H3,(H,20,24)(H,22,25). The van der Waals surface area contributed by atoms with Crippen molar-refractivity contribution in [1.29, 1.82) is 0 Å². The Balaban J connectivity index is 1.63. The van der Waals surface area contributed by atoms with Crippen LogP contribution in [-0.4, -0.2) is 28.1 Å². The van der Waals surface area contributed by atoms with Crippen molar-refractivity contribution in [3.63, 3.8) is 0 Å². The summed E-state index contributed by atoms with van der Waals surface area (Å²) in [7, 11) is 0. The fourth-order valence-corrected chi connectivity index (χ4v) is 3.22. The fourth-order valence-electron chi connectivity index (χ4n) is 2.40. The first-order chi connectivity index (χ1) is 12.5. The molecule has 0 radical (unpaired) electrons. The van der Waals surface area contributed by atoms with E-state index < -0.39 is 17.6 Å². The molecular weight excluding hydrogens is 355 g/mol. The summed E-state index contributed by atoms with van der Waals surface area (Å²) in [5.74, 6) is -2.09. The van der Waals surface area contributed by atoms with Crippen LogP contribution in [0.15, 0.2) is 54.2 Å². The minimum atomic E-state index is -0.848. The topological polar surface area (TPSA) is 76.0 Å². The third-order valence-electron chi connectivity index (χ3n) is 3.81. The number of anilines is 1. The SMILES string of the molecule is Cc1ccc(NC(=O)C(=O)NCC(c2cccs2)n2cccn2)cc1F. The number of halogens is 1. The molecule has 0 saturated carbocycles. The number of rotatable bonds is 5. The van der Waals surface area contributed by atoms with Gasteiger partial charge >= 0.3 is 11.8 Å². The predicted octanol–water partition coefficient (Wildman–Crippen LogP) is 2.74. The van der Waals surface area contributed by atoms with E-state index in [1.165, 1.54) is 12.1 Å². The number of aryl methyl sites for hydroxylation is 1. The van der Waals surface area contributed by atoms with Crippen molar-refractivity contribution in [3.8, 4) is 0 Å². The van der Waals surface area contributed by atoms with Crippen molar-refractivity contribution >= 4 is 28.8 Å². The van der Waals surface area contributed by atoms with Crippen molar-refractivity contribution in [2.45, 2.75) is 13.0 Å². The van der Waals surface area contributed by atoms with Crippen molar-refractivity contribution in [1.82, 2.24) is 15.1 Å². The van der Waals surface area contributed by atoms with Crippen LogP contribution < -0.4 is 10.6 Å². The molecule has 6 nitrogen and oxygen atoms in total. The first-order valence-electron chi connectivity index (χ1n) is 7.92. The lowest BCUT2D eigenvalue weighted by Gasteiger charge is -2.17. The number of nitrogens with zero attached hydrogens (tertiary/aromatic N) is 2. The largest absolute Gasteiger partial charge is 0.345 e. The zero-order valence-corrected chi connectivity index (χ0v) is 14.8. The van der Waals surface area contributed by atoms with E-state index in [0.717, 1.165) is 4.88 Å². The molecule has 0 bridgehead atoms. The molecule has 2 N–H and O–H groups in total. The van der Waals surface area contributed by atoms with Gasteiger partial charge in [-0.3, -0.25) is 14.3 Å². The van der Waals surface area contributed by atoms with Gasteiger partial charge < -0.3 is 10.6 Å². The molecule has 0 saturated heterocycles. The first-order valence-corrected chi connectivity index (χ1v) is 8.80. The highest BCUT2D eigenvalue weighted by molar-refractivity contribution is 7.10. The van der Waals surface area contributed by atoms with E-state index in [2.05, 4.69) is 15.7 Å². The van der Waals surface area contributed by atoms with Crippen LogP contribution in [0.3, 0.4) is 0 Å². The van der Waals surface area contributed by atoms with Crippen LogP contribution in [0.25, 0.3) is 0 Å². The molecule has 0 aliphatic heterocycles. The van der Waals surface area contributed by atoms with E-state index in [1.807, 2.05) is 17.5 Å². The number of carbonyl (C=O) groups excluding carboxylic acids is 2. The van der Waals surface area contributed by atoms with Crippen LogP contribution in [0.4, 0.5) is 10.1 Å². The lowest BCUT2D eigenvalue weighted by molar-refractivity contribution is -0.136. The molecule has 1 aromatic carbocycles. The highest BCUT2D eigenvalue weighted by atomic mass is 32.1. The van der Waals surface area contributed by atoms with Crippen LogP contribution in [0.1, 0.15) is 16.5 Å². The van der Waals surface area contributed by atoms with Gasteiger partial charge in [0, 0.05) is 29.5 Å². The van der Waals surface area contributed by atoms with Crippen LogP contribution in [0, 0.1) is 12.7 Å². The van der Waals surface area contributed by atoms with Crippen molar-refractivity contribution in [2.24, 2.45) is 0 Å². The molecule has 2 heterocycles. The average Bonchev–Trinajstić information content (AvgIpc) is 3.32. The molecule has 3 rings (SSSR count). The molecule has 2 amide bonds. The normalized spacial score (nSPS) is 11.8. The minimum absolute atomic E-state index is 0.205. The minimum Gasteiger partial charge on any atom is -0.345 e. The van der Waals surface area contributed by atoms with Crippen LogP contribution in [0.2, 0.25) is 0 Å². The molecule has 0 aliphatic carbocycles. The van der Waals surface area contributed by atoms with Gasteiger partial charge in [0.2, 0.25) is 0 Å². The van der Waals surface area contributed by atoms with Gasteiger partial charge in [-0.25, -0.2) is 4.39 Å². The Labute approximate surface area is 153 Å². The van der Waals surface area contributed by atoms with Gasteiger partial charge in [-0.1, -0.05) is 12.1 Å². The molecule has 0 aliphatic rings. The van der Waals surface area contributed by atoms with Crippen molar-refractivity contribution in [2.75, 3.05) is 11.9 Å². The number of hydrogen-bond donors (Lipinski definition) is 2. The van der Waals surface area contributed by atoms with Gasteiger partial charge in [0.1, 0.15) is 11.9 Å². The zero-order valence-electron chi connectivity index (χ0n) is 14.0. The molecule has 1 unspecified atom stereocenters. The predicted molar refractivity (Wildman–Crippen MR) is 97.5 cm³/mol. The number of carbonyl (C=O) groups is 2. The molecule has 2 aromatic heterocycles. The van der Waals surface area contributed by atoms with Gasteiger partial charge in [-0.2, -0.15) is 5.10 Å². The Morgan fingerprint density at radius 1 is 1.27 bits per heavy atom. The molecular formula is C18H17FN4O2S. The second-order valence-electron chi connectivity index (χ2n) is 5.65. The molecule has 1 atom stereocenters. The smallest absolute Gasteiger partial charge is 0.313 e. The molecule has 0 fully saturated rings. The highest BCUT2D eigenvalue weighted by Crippen LogP contribution is 2.21. The van der Waals surface area contributed by atoms with Crippen LogP contribution >= 0.6 is 11.3 Å². The maximum atomic E-state index is 13.5. The Morgan fingerprint density at radius 3 is 2.77 bits per heavy atom. The van der Waals surface area contributed by atoms with Gasteiger partial charge in [0.15, 0.2) is 0 Å². The van der Waals surface area contributed by atoms with E-state index in [9.17, 15) is 14.0 Å². The lowest BCUT2D eigenvalue weighted by Crippen LogP contribution is -2.38. The number of amides is 2. The summed E-state index contributed by atoms with van der Waals surface area (Å²) in [4.78, 5) is 25.1. The van der Waals surface area contributed by atoms with E-state index in [-0.39, 0.29) is 18.3 Å². The third kappa shape index (κ3) is 4.15. The molecule has 3 aromatic rings. The third-order valence-corrected chi connectivity index (χ3v) is 4.78. The van der Waals surface area contributed by atoms with E-state index in [1.54, 1.807) is 47.5 Å². The highest BCUT2D eigenvalue weighted by Gasteiger charge is 2.19. The number of aromatic nitrogens is 2. The number of nitrogens with one attached hydrogen (secondary N) is 2. The second-order valence-corrected chi connectivity index (χ2v) is 6.62. The summed E-state index contributed by atoms with van der Waals surface area (Å²) in [6, 6.07) is 9.70. The summed E-state index contributed by atoms with van der Waals surface area (Å²) in [6.07, 6.45) is 3.45. The van der Waals surface area contributed by atoms with E-state index >= 15 is 0 Å². The molecule has 134 valence electrons. The van der Waals surface area contributed by atoms with E-state index in [4.69, 9.17) is 0 Å². The fraction of sp³-hybridized carbons (Fsp3) is 0.167. The molecule has 8 heteroatoms. The Bertz CT molecular complexity index is 860. The second kappa shape index (κ2) is 7.92.